The number of ether oxygens (including phenoxy) is 2. The van der Waals surface area contributed by atoms with Gasteiger partial charge >= 0.3 is 5.69 Å². The highest BCUT2D eigenvalue weighted by Gasteiger charge is 2.18. The molecule has 0 aliphatic rings. The minimum atomic E-state index is -0.722. The molecule has 1 N–H and O–H groups in total. The van der Waals surface area contributed by atoms with E-state index in [2.05, 4.69) is 31.0 Å². The van der Waals surface area contributed by atoms with E-state index in [0.29, 0.717) is 5.82 Å². The number of benzene rings is 2. The first kappa shape index (κ1) is 19.1. The molecule has 0 spiro atoms. The van der Waals surface area contributed by atoms with Crippen LogP contribution in [0.15, 0.2) is 39.6 Å². The maximum atomic E-state index is 14.7. The smallest absolute Gasteiger partial charge is 0.343 e. The largest absolute Gasteiger partial charge is 0.482 e. The van der Waals surface area contributed by atoms with Crippen LogP contribution in [0.25, 0.3) is 4.85 Å². The lowest BCUT2D eigenvalue weighted by molar-refractivity contribution is 0.274. The van der Waals surface area contributed by atoms with Crippen LogP contribution < -0.4 is 15.2 Å². The lowest BCUT2D eigenvalue weighted by atomic mass is 10.2. The molecule has 0 saturated heterocycles. The van der Waals surface area contributed by atoms with Crippen molar-refractivity contribution >= 4 is 21.6 Å². The van der Waals surface area contributed by atoms with Crippen molar-refractivity contribution in [3.05, 3.63) is 73.9 Å². The highest BCUT2D eigenvalue weighted by Crippen LogP contribution is 2.39. The van der Waals surface area contributed by atoms with E-state index < -0.39 is 11.5 Å². The van der Waals surface area contributed by atoms with Crippen LogP contribution in [0, 0.1) is 23.7 Å². The second-order valence-electron chi connectivity index (χ2n) is 5.52. The SMILES string of the molecule is [C-]#[N+]c1cc(C#N)cc(Oc2c(OCc3n[nH]c(=O)n3C)ccc(Br)c2F)c1. The predicted octanol–water partition coefficient (Wildman–Crippen LogP) is 3.80. The summed E-state index contributed by atoms with van der Waals surface area (Å²) in [6.07, 6.45) is 0. The second-order valence-corrected chi connectivity index (χ2v) is 6.38. The molecule has 0 saturated carbocycles. The fourth-order valence-electron chi connectivity index (χ4n) is 2.26. The van der Waals surface area contributed by atoms with E-state index in [1.54, 1.807) is 0 Å². The standard InChI is InChI=1S/C18H11BrFN5O3/c1-22-11-5-10(8-21)6-12(7-11)28-17-14(4-3-13(19)16(17)20)27-9-15-23-24-18(26)25(15)2/h3-7H,9H2,2H3,(H,24,26). The van der Waals surface area contributed by atoms with Gasteiger partial charge in [0.25, 0.3) is 0 Å². The molecule has 2 aromatic carbocycles. The molecule has 0 atom stereocenters. The van der Waals surface area contributed by atoms with Gasteiger partial charge in [-0.15, -0.1) is 0 Å². The van der Waals surface area contributed by atoms with E-state index in [1.165, 1.54) is 41.9 Å². The molecule has 0 unspecified atom stereocenters. The van der Waals surface area contributed by atoms with Gasteiger partial charge < -0.3 is 9.47 Å². The van der Waals surface area contributed by atoms with Crippen molar-refractivity contribution in [1.29, 1.82) is 5.26 Å². The number of hydrogen-bond donors (Lipinski definition) is 1. The Hall–Kier alpha value is -3.63. The number of hydrogen-bond acceptors (Lipinski definition) is 5. The summed E-state index contributed by atoms with van der Waals surface area (Å²) in [7, 11) is 1.52. The predicted molar refractivity (Wildman–Crippen MR) is 99.8 cm³/mol. The van der Waals surface area contributed by atoms with E-state index in [-0.39, 0.29) is 39.6 Å². The zero-order chi connectivity index (χ0) is 20.3. The Morgan fingerprint density at radius 3 is 2.86 bits per heavy atom. The lowest BCUT2D eigenvalue weighted by Gasteiger charge is -2.14. The molecule has 1 heterocycles. The molecule has 28 heavy (non-hydrogen) atoms. The highest BCUT2D eigenvalue weighted by molar-refractivity contribution is 9.10. The van der Waals surface area contributed by atoms with Crippen molar-refractivity contribution in [2.75, 3.05) is 0 Å². The van der Waals surface area contributed by atoms with Gasteiger partial charge in [-0.25, -0.2) is 19.1 Å². The summed E-state index contributed by atoms with van der Waals surface area (Å²) in [6.45, 7) is 7.00. The third kappa shape index (κ3) is 3.87. The minimum Gasteiger partial charge on any atom is -0.482 e. The van der Waals surface area contributed by atoms with Crippen LogP contribution in [-0.4, -0.2) is 14.8 Å². The van der Waals surface area contributed by atoms with Gasteiger partial charge in [0, 0.05) is 12.6 Å². The van der Waals surface area contributed by atoms with Gasteiger partial charge in [0.2, 0.25) is 5.75 Å². The van der Waals surface area contributed by atoms with Crippen LogP contribution in [0.3, 0.4) is 0 Å². The molecule has 3 rings (SSSR count). The molecule has 0 radical (unpaired) electrons. The molecule has 0 aliphatic carbocycles. The summed E-state index contributed by atoms with van der Waals surface area (Å²) in [5, 5.41) is 15.2. The molecule has 0 aliphatic heterocycles. The Morgan fingerprint density at radius 1 is 1.43 bits per heavy atom. The van der Waals surface area contributed by atoms with E-state index in [9.17, 15) is 9.18 Å². The maximum absolute atomic E-state index is 14.7. The van der Waals surface area contributed by atoms with Crippen molar-refractivity contribution in [3.8, 4) is 23.3 Å². The number of aromatic nitrogens is 3. The first-order chi connectivity index (χ1) is 13.4. The van der Waals surface area contributed by atoms with E-state index in [0.717, 1.165) is 0 Å². The van der Waals surface area contributed by atoms with Crippen LogP contribution in [0.4, 0.5) is 10.1 Å². The van der Waals surface area contributed by atoms with Gasteiger partial charge in [0.15, 0.2) is 23.1 Å². The summed E-state index contributed by atoms with van der Waals surface area (Å²) in [5.74, 6) is -0.482. The normalized spacial score (nSPS) is 10.2. The van der Waals surface area contributed by atoms with Crippen LogP contribution in [0.2, 0.25) is 0 Å². The fourth-order valence-corrected chi connectivity index (χ4v) is 2.58. The van der Waals surface area contributed by atoms with Crippen molar-refractivity contribution in [2.24, 2.45) is 7.05 Å². The summed E-state index contributed by atoms with van der Waals surface area (Å²) >= 11 is 3.09. The Kier molecular flexibility index (Phi) is 5.43. The van der Waals surface area contributed by atoms with Crippen molar-refractivity contribution in [3.63, 3.8) is 0 Å². The molecule has 0 fully saturated rings. The van der Waals surface area contributed by atoms with E-state index in [4.69, 9.17) is 21.3 Å². The van der Waals surface area contributed by atoms with Gasteiger partial charge in [-0.3, -0.25) is 4.57 Å². The third-order valence-electron chi connectivity index (χ3n) is 3.71. The maximum Gasteiger partial charge on any atom is 0.343 e. The van der Waals surface area contributed by atoms with Gasteiger partial charge in [-0.1, -0.05) is 0 Å². The topological polar surface area (TPSA) is 97.3 Å². The molecule has 140 valence electrons. The lowest BCUT2D eigenvalue weighted by Crippen LogP contribution is -2.15. The fraction of sp³-hybridized carbons (Fsp3) is 0.111. The average molecular weight is 444 g/mol. The average Bonchev–Trinajstić information content (AvgIpc) is 3.02. The van der Waals surface area contributed by atoms with Crippen molar-refractivity contribution < 1.29 is 13.9 Å². The zero-order valence-electron chi connectivity index (χ0n) is 14.4. The van der Waals surface area contributed by atoms with E-state index in [1.807, 2.05) is 6.07 Å². The van der Waals surface area contributed by atoms with Crippen LogP contribution >= 0.6 is 15.9 Å². The van der Waals surface area contributed by atoms with Crippen LogP contribution in [-0.2, 0) is 13.7 Å². The van der Waals surface area contributed by atoms with Gasteiger partial charge in [0.1, 0.15) is 12.4 Å². The first-order valence-electron chi connectivity index (χ1n) is 7.74. The van der Waals surface area contributed by atoms with Gasteiger partial charge in [0.05, 0.1) is 17.1 Å². The number of rotatable bonds is 5. The summed E-state index contributed by atoms with van der Waals surface area (Å²) in [6, 6.07) is 9.01. The van der Waals surface area contributed by atoms with Gasteiger partial charge in [-0.2, -0.15) is 10.4 Å². The monoisotopic (exact) mass is 443 g/mol. The number of nitrogens with zero attached hydrogens (tertiary/aromatic N) is 4. The van der Waals surface area contributed by atoms with Crippen molar-refractivity contribution in [2.45, 2.75) is 6.61 Å². The Bertz CT molecular complexity index is 1160. The molecule has 3 aromatic rings. The number of aromatic amines is 1. The molecule has 0 amide bonds. The molecule has 1 aromatic heterocycles. The molecule has 8 nitrogen and oxygen atoms in total. The minimum absolute atomic E-state index is 0.0582. The van der Waals surface area contributed by atoms with E-state index >= 15 is 0 Å². The highest BCUT2D eigenvalue weighted by atomic mass is 79.9. The second kappa shape index (κ2) is 7.94. The van der Waals surface area contributed by atoms with Crippen LogP contribution in [0.1, 0.15) is 11.4 Å². The summed E-state index contributed by atoms with van der Waals surface area (Å²) in [4.78, 5) is 14.7. The number of halogens is 2. The Morgan fingerprint density at radius 2 is 2.21 bits per heavy atom. The third-order valence-corrected chi connectivity index (χ3v) is 4.32. The molecule has 10 heteroatoms. The number of H-pyrrole nitrogens is 1. The summed E-state index contributed by atoms with van der Waals surface area (Å²) < 4.78 is 27.3. The molecular formula is C18H11BrFN5O3. The molecular weight excluding hydrogens is 433 g/mol. The van der Waals surface area contributed by atoms with Crippen molar-refractivity contribution in [1.82, 2.24) is 14.8 Å². The zero-order valence-corrected chi connectivity index (χ0v) is 15.9. The Labute approximate surface area is 166 Å². The number of nitriles is 1. The first-order valence-corrected chi connectivity index (χ1v) is 8.53. The quantitative estimate of drug-likeness (QED) is 0.604. The van der Waals surface area contributed by atoms with Gasteiger partial charge in [-0.05, 0) is 46.3 Å². The number of nitrogens with one attached hydrogen (secondary N) is 1. The van der Waals surface area contributed by atoms with Crippen LogP contribution in [0.5, 0.6) is 17.2 Å². The molecule has 0 bridgehead atoms. The Balaban J connectivity index is 1.95. The summed E-state index contributed by atoms with van der Waals surface area (Å²) in [5.41, 5.74) is -0.0246.